The van der Waals surface area contributed by atoms with Crippen molar-refractivity contribution in [3.63, 3.8) is 0 Å². The van der Waals surface area contributed by atoms with Crippen LogP contribution in [0.25, 0.3) is 0 Å². The first kappa shape index (κ1) is 25.2. The van der Waals surface area contributed by atoms with E-state index in [-0.39, 0.29) is 5.41 Å². The molecule has 2 saturated carbocycles. The summed E-state index contributed by atoms with van der Waals surface area (Å²) in [5.41, 5.74) is 4.35. The van der Waals surface area contributed by atoms with Crippen LogP contribution in [0.5, 0.6) is 0 Å². The Balaban J connectivity index is 1.73. The van der Waals surface area contributed by atoms with Crippen LogP contribution in [0.1, 0.15) is 85.5 Å². The SMILES string of the molecule is C=C1/C(=C\C=C2/CCC[C@]3(C)C([C@@H](C)C/C=C/C(O)(CC)CC)=CC[C@@H]23)C[C@@H](O)C[C@@H]1O. The molecule has 0 heterocycles. The molecule has 5 atom stereocenters. The Hall–Kier alpha value is -1.42. The quantitative estimate of drug-likeness (QED) is 0.414. The summed E-state index contributed by atoms with van der Waals surface area (Å²) in [6.07, 6.45) is 18.0. The summed E-state index contributed by atoms with van der Waals surface area (Å²) in [7, 11) is 0. The molecule has 0 unspecified atom stereocenters. The Morgan fingerprint density at radius 2 is 1.97 bits per heavy atom. The monoisotopic (exact) mass is 440 g/mol. The Kier molecular flexibility index (Phi) is 8.06. The molecule has 0 aliphatic heterocycles. The van der Waals surface area contributed by atoms with Gasteiger partial charge in [0, 0.05) is 6.42 Å². The van der Waals surface area contributed by atoms with Crippen molar-refractivity contribution in [2.24, 2.45) is 17.3 Å². The normalized spacial score (nSPS) is 34.9. The highest BCUT2D eigenvalue weighted by Gasteiger charge is 2.45. The fraction of sp³-hybridized carbons (Fsp3) is 0.655. The largest absolute Gasteiger partial charge is 0.393 e. The summed E-state index contributed by atoms with van der Waals surface area (Å²) in [6.45, 7) is 12.9. The highest BCUT2D eigenvalue weighted by molar-refractivity contribution is 5.40. The van der Waals surface area contributed by atoms with Crippen molar-refractivity contribution in [1.29, 1.82) is 0 Å². The minimum Gasteiger partial charge on any atom is -0.393 e. The van der Waals surface area contributed by atoms with Crippen LogP contribution in [0.2, 0.25) is 0 Å². The smallest absolute Gasteiger partial charge is 0.0822 e. The highest BCUT2D eigenvalue weighted by Crippen LogP contribution is 2.57. The molecule has 178 valence electrons. The van der Waals surface area contributed by atoms with Crippen molar-refractivity contribution < 1.29 is 15.3 Å². The molecule has 0 saturated heterocycles. The minimum atomic E-state index is -0.672. The maximum absolute atomic E-state index is 10.5. The molecular formula is C29H44O3. The van der Waals surface area contributed by atoms with Crippen LogP contribution in [-0.2, 0) is 0 Å². The van der Waals surface area contributed by atoms with Gasteiger partial charge in [0.2, 0.25) is 0 Å². The van der Waals surface area contributed by atoms with Gasteiger partial charge in [0.15, 0.2) is 0 Å². The molecule has 0 aromatic carbocycles. The van der Waals surface area contributed by atoms with Crippen LogP contribution in [0.3, 0.4) is 0 Å². The lowest BCUT2D eigenvalue weighted by Crippen LogP contribution is -2.32. The van der Waals surface area contributed by atoms with Crippen LogP contribution >= 0.6 is 0 Å². The van der Waals surface area contributed by atoms with Crippen molar-refractivity contribution >= 4 is 0 Å². The molecule has 0 spiro atoms. The number of aliphatic hydroxyl groups is 3. The van der Waals surface area contributed by atoms with Gasteiger partial charge in [-0.1, -0.05) is 75.8 Å². The molecule has 0 aromatic rings. The molecule has 3 rings (SSSR count). The summed E-state index contributed by atoms with van der Waals surface area (Å²) in [5.74, 6) is 1.00. The molecule has 3 N–H and O–H groups in total. The number of rotatable bonds is 7. The average Bonchev–Trinajstić information content (AvgIpc) is 3.12. The third-order valence-corrected chi connectivity index (χ3v) is 8.55. The summed E-state index contributed by atoms with van der Waals surface area (Å²) in [5, 5.41) is 30.7. The molecule has 3 heteroatoms. The Morgan fingerprint density at radius 3 is 2.66 bits per heavy atom. The summed E-state index contributed by atoms with van der Waals surface area (Å²) < 4.78 is 0. The van der Waals surface area contributed by atoms with Crippen LogP contribution in [0.4, 0.5) is 0 Å². The lowest BCUT2D eigenvalue weighted by Gasteiger charge is -2.42. The molecule has 0 aromatic heterocycles. The van der Waals surface area contributed by atoms with E-state index in [9.17, 15) is 15.3 Å². The van der Waals surface area contributed by atoms with Gasteiger partial charge in [-0.15, -0.1) is 0 Å². The Labute approximate surface area is 195 Å². The van der Waals surface area contributed by atoms with Gasteiger partial charge in [0.25, 0.3) is 0 Å². The molecule has 2 fully saturated rings. The van der Waals surface area contributed by atoms with E-state index in [2.05, 4.69) is 44.7 Å². The summed E-state index contributed by atoms with van der Waals surface area (Å²) in [4.78, 5) is 0. The topological polar surface area (TPSA) is 60.7 Å². The van der Waals surface area contributed by atoms with Gasteiger partial charge in [-0.25, -0.2) is 0 Å². The first-order valence-corrected chi connectivity index (χ1v) is 12.7. The molecule has 3 nitrogen and oxygen atoms in total. The number of hydrogen-bond acceptors (Lipinski definition) is 3. The summed E-state index contributed by atoms with van der Waals surface area (Å²) in [6, 6.07) is 0. The van der Waals surface area contributed by atoms with Crippen molar-refractivity contribution in [2.75, 3.05) is 0 Å². The maximum atomic E-state index is 10.5. The minimum absolute atomic E-state index is 0.199. The summed E-state index contributed by atoms with van der Waals surface area (Å²) >= 11 is 0. The standard InChI is InChI=1S/C29H44O3/c1-6-29(32,7-2)17-8-10-20(3)25-14-15-26-22(11-9-16-28(25,26)5)12-13-23-18-24(30)19-27(31)21(23)4/h8,12-14,17,20,24,26-27,30-32H,4,6-7,9-11,15-16,18-19H2,1-3,5H3/b17-8+,22-12+,23-13-/t20-,24+,26-,27-,28+/m0/s1. The molecule has 0 bridgehead atoms. The molecule has 32 heavy (non-hydrogen) atoms. The lowest BCUT2D eigenvalue weighted by atomic mass is 9.62. The van der Waals surface area contributed by atoms with E-state index < -0.39 is 17.8 Å². The van der Waals surface area contributed by atoms with Gasteiger partial charge in [-0.3, -0.25) is 0 Å². The zero-order valence-corrected chi connectivity index (χ0v) is 20.6. The van der Waals surface area contributed by atoms with Gasteiger partial charge in [-0.05, 0) is 79.8 Å². The first-order valence-electron chi connectivity index (χ1n) is 12.7. The predicted molar refractivity (Wildman–Crippen MR) is 133 cm³/mol. The molecular weight excluding hydrogens is 396 g/mol. The fourth-order valence-corrected chi connectivity index (χ4v) is 6.19. The van der Waals surface area contributed by atoms with Crippen molar-refractivity contribution in [3.05, 3.63) is 59.3 Å². The van der Waals surface area contributed by atoms with Gasteiger partial charge in [0.05, 0.1) is 17.8 Å². The zero-order chi connectivity index (χ0) is 23.5. The van der Waals surface area contributed by atoms with Crippen LogP contribution in [0.15, 0.2) is 59.3 Å². The predicted octanol–water partition coefficient (Wildman–Crippen LogP) is 6.18. The lowest BCUT2D eigenvalue weighted by molar-refractivity contribution is 0.0823. The van der Waals surface area contributed by atoms with Crippen molar-refractivity contribution in [3.8, 4) is 0 Å². The Bertz CT molecular complexity index is 810. The average molecular weight is 441 g/mol. The van der Waals surface area contributed by atoms with E-state index in [1.54, 1.807) is 5.57 Å². The van der Waals surface area contributed by atoms with E-state index in [1.807, 2.05) is 19.9 Å². The van der Waals surface area contributed by atoms with E-state index in [0.29, 0.717) is 24.7 Å². The van der Waals surface area contributed by atoms with Crippen LogP contribution in [0, 0.1) is 17.3 Å². The van der Waals surface area contributed by atoms with Gasteiger partial charge < -0.3 is 15.3 Å². The van der Waals surface area contributed by atoms with E-state index >= 15 is 0 Å². The van der Waals surface area contributed by atoms with E-state index in [4.69, 9.17) is 0 Å². The van der Waals surface area contributed by atoms with Gasteiger partial charge in [-0.2, -0.15) is 0 Å². The number of allylic oxidation sites excluding steroid dienone is 6. The second-order valence-corrected chi connectivity index (χ2v) is 10.6. The third-order valence-electron chi connectivity index (χ3n) is 8.55. The third kappa shape index (κ3) is 5.21. The second-order valence-electron chi connectivity index (χ2n) is 10.6. The van der Waals surface area contributed by atoms with Crippen molar-refractivity contribution in [2.45, 2.75) is 103 Å². The highest BCUT2D eigenvalue weighted by atomic mass is 16.3. The number of fused-ring (bicyclic) bond motifs is 1. The molecule has 3 aliphatic rings. The fourth-order valence-electron chi connectivity index (χ4n) is 6.19. The van der Waals surface area contributed by atoms with Gasteiger partial charge in [0.1, 0.15) is 0 Å². The Morgan fingerprint density at radius 1 is 1.25 bits per heavy atom. The molecule has 3 aliphatic carbocycles. The van der Waals surface area contributed by atoms with Gasteiger partial charge >= 0.3 is 0 Å². The van der Waals surface area contributed by atoms with E-state index in [1.165, 1.54) is 18.4 Å². The maximum Gasteiger partial charge on any atom is 0.0822 e. The first-order chi connectivity index (χ1) is 15.1. The molecule has 0 amide bonds. The number of aliphatic hydroxyl groups excluding tert-OH is 2. The van der Waals surface area contributed by atoms with Crippen molar-refractivity contribution in [1.82, 2.24) is 0 Å². The second kappa shape index (κ2) is 10.2. The molecule has 0 radical (unpaired) electrons. The zero-order valence-electron chi connectivity index (χ0n) is 20.6. The van der Waals surface area contributed by atoms with Crippen LogP contribution in [-0.4, -0.2) is 33.1 Å². The number of hydrogen-bond donors (Lipinski definition) is 3. The van der Waals surface area contributed by atoms with E-state index in [0.717, 1.165) is 43.3 Å². The van der Waals surface area contributed by atoms with Crippen LogP contribution < -0.4 is 0 Å².